The fourth-order valence-corrected chi connectivity index (χ4v) is 3.29. The van der Waals surface area contributed by atoms with E-state index in [0.717, 1.165) is 19.3 Å². The topological polar surface area (TPSA) is 109 Å². The summed E-state index contributed by atoms with van der Waals surface area (Å²) in [6, 6.07) is 0. The van der Waals surface area contributed by atoms with Gasteiger partial charge in [0.25, 0.3) is 0 Å². The van der Waals surface area contributed by atoms with Gasteiger partial charge in [0.05, 0.1) is 0 Å². The predicted molar refractivity (Wildman–Crippen MR) is 136 cm³/mol. The van der Waals surface area contributed by atoms with E-state index in [1.54, 1.807) is 0 Å². The van der Waals surface area contributed by atoms with Gasteiger partial charge in [0.15, 0.2) is 0 Å². The molecule has 9 heteroatoms. The molecule has 0 aliphatic rings. The van der Waals surface area contributed by atoms with Gasteiger partial charge < -0.3 is 33.4 Å². The van der Waals surface area contributed by atoms with Crippen LogP contribution in [0.15, 0.2) is 0 Å². The van der Waals surface area contributed by atoms with Crippen molar-refractivity contribution in [2.75, 3.05) is 19.8 Å². The molecule has 0 aliphatic heterocycles. The molecule has 204 valence electrons. The van der Waals surface area contributed by atoms with Crippen LogP contribution < -0.4 is 0 Å². The molecule has 0 bridgehead atoms. The average molecular weight is 535 g/mol. The fraction of sp³-hybridized carbons (Fsp3) is 1.00. The Morgan fingerprint density at radius 2 is 0.667 bits per heavy atom. The number of aliphatic hydroxyl groups is 3. The van der Waals surface area contributed by atoms with Crippen molar-refractivity contribution in [3.8, 4) is 0 Å². The molecule has 0 saturated carbocycles. The van der Waals surface area contributed by atoms with E-state index in [4.69, 9.17) is 28.6 Å². The molecule has 0 saturated heterocycles. The standard InChI is InChI=1S/C12H28O4Si.3C4H10O.Ti/c1-7-10(4)14-17(13,15-11(5)8-2)16-12(6)9-3;3*1-4(2)3-5;/h10-13H,7-9H2,1-6H3;3*4-5H,3H2,1-2H3;. The van der Waals surface area contributed by atoms with Gasteiger partial charge in [-0.1, -0.05) is 62.3 Å². The SMILES string of the molecule is CC(C)CO.CC(C)CO.CC(C)CO.CCC(C)O[Si](O)(OC(C)CC)OC(C)CC.[Ti]. The Kier molecular flexibility index (Phi) is 38.3. The molecule has 0 aliphatic carbocycles. The maximum atomic E-state index is 10.4. The molecular formula is C24H58O7SiTi. The van der Waals surface area contributed by atoms with Crippen molar-refractivity contribution in [2.24, 2.45) is 17.8 Å². The molecule has 3 unspecified atom stereocenters. The van der Waals surface area contributed by atoms with Crippen molar-refractivity contribution in [3.63, 3.8) is 0 Å². The summed E-state index contributed by atoms with van der Waals surface area (Å²) in [6.07, 6.45) is 2.30. The van der Waals surface area contributed by atoms with Crippen LogP contribution in [0.5, 0.6) is 0 Å². The van der Waals surface area contributed by atoms with Gasteiger partial charge in [-0.3, -0.25) is 0 Å². The third-order valence-electron chi connectivity index (χ3n) is 3.87. The molecule has 7 nitrogen and oxygen atoms in total. The monoisotopic (exact) mass is 534 g/mol. The minimum atomic E-state index is -3.50. The molecule has 0 rings (SSSR count). The maximum absolute atomic E-state index is 10.4. The van der Waals surface area contributed by atoms with Gasteiger partial charge in [-0.2, -0.15) is 0 Å². The van der Waals surface area contributed by atoms with Gasteiger partial charge in [0, 0.05) is 59.9 Å². The molecule has 4 N–H and O–H groups in total. The van der Waals surface area contributed by atoms with Crippen molar-refractivity contribution >= 4 is 9.05 Å². The smallest absolute Gasteiger partial charge is 0.396 e. The van der Waals surface area contributed by atoms with Crippen LogP contribution in [0.4, 0.5) is 0 Å². The van der Waals surface area contributed by atoms with Crippen molar-refractivity contribution in [2.45, 2.75) is 121 Å². The van der Waals surface area contributed by atoms with E-state index in [1.165, 1.54) is 0 Å². The maximum Gasteiger partial charge on any atom is 0.677 e. The van der Waals surface area contributed by atoms with E-state index in [-0.39, 0.29) is 40.0 Å². The number of aliphatic hydroxyl groups excluding tert-OH is 3. The Bertz CT molecular complexity index is 311. The normalized spacial score (nSPS) is 15.0. The second-order valence-corrected chi connectivity index (χ2v) is 11.0. The van der Waals surface area contributed by atoms with Gasteiger partial charge in [-0.25, -0.2) is 0 Å². The summed E-state index contributed by atoms with van der Waals surface area (Å²) < 4.78 is 16.7. The van der Waals surface area contributed by atoms with Crippen molar-refractivity contribution in [1.82, 2.24) is 0 Å². The van der Waals surface area contributed by atoms with Crippen LogP contribution in [-0.4, -0.2) is 67.3 Å². The zero-order chi connectivity index (χ0) is 26.3. The van der Waals surface area contributed by atoms with E-state index in [2.05, 4.69) is 0 Å². The van der Waals surface area contributed by atoms with Crippen LogP contribution in [0.3, 0.4) is 0 Å². The summed E-state index contributed by atoms with van der Waals surface area (Å²) in [7, 11) is -3.50. The molecule has 0 heterocycles. The number of hydrogen-bond donors (Lipinski definition) is 4. The zero-order valence-electron chi connectivity index (χ0n) is 23.7. The molecular weight excluding hydrogens is 476 g/mol. The van der Waals surface area contributed by atoms with Gasteiger partial charge in [-0.15, -0.1) is 0 Å². The first-order chi connectivity index (χ1) is 14.7. The Balaban J connectivity index is -0.000000133. The summed E-state index contributed by atoms with van der Waals surface area (Å²) in [5.41, 5.74) is 0. The third kappa shape index (κ3) is 40.1. The molecule has 0 aromatic carbocycles. The van der Waals surface area contributed by atoms with Crippen molar-refractivity contribution < 1.29 is 55.1 Å². The molecule has 0 radical (unpaired) electrons. The minimum absolute atomic E-state index is 0. The van der Waals surface area contributed by atoms with Crippen LogP contribution in [0, 0.1) is 17.8 Å². The van der Waals surface area contributed by atoms with E-state index < -0.39 is 9.05 Å². The van der Waals surface area contributed by atoms with E-state index in [0.29, 0.717) is 37.6 Å². The molecule has 0 amide bonds. The summed E-state index contributed by atoms with van der Waals surface area (Å²) >= 11 is 0. The summed E-state index contributed by atoms with van der Waals surface area (Å²) in [5.74, 6) is 1.32. The first kappa shape index (κ1) is 43.7. The van der Waals surface area contributed by atoms with Crippen LogP contribution in [0.25, 0.3) is 0 Å². The number of rotatable bonds is 12. The van der Waals surface area contributed by atoms with Crippen molar-refractivity contribution in [1.29, 1.82) is 0 Å². The zero-order valence-corrected chi connectivity index (χ0v) is 26.3. The van der Waals surface area contributed by atoms with Crippen molar-refractivity contribution in [3.05, 3.63) is 0 Å². The van der Waals surface area contributed by atoms with Gasteiger partial charge >= 0.3 is 9.05 Å². The first-order valence-electron chi connectivity index (χ1n) is 12.3. The largest absolute Gasteiger partial charge is 0.677 e. The molecule has 0 spiro atoms. The van der Waals surface area contributed by atoms with E-state index in [9.17, 15) is 4.80 Å². The Morgan fingerprint density at radius 3 is 0.758 bits per heavy atom. The van der Waals surface area contributed by atoms with Crippen LogP contribution in [0.2, 0.25) is 0 Å². The van der Waals surface area contributed by atoms with E-state index >= 15 is 0 Å². The van der Waals surface area contributed by atoms with Crippen LogP contribution in [-0.2, 0) is 35.0 Å². The van der Waals surface area contributed by atoms with E-state index in [1.807, 2.05) is 83.1 Å². The molecule has 0 aromatic rings. The van der Waals surface area contributed by atoms with Gasteiger partial charge in [0.2, 0.25) is 0 Å². The summed E-state index contributed by atoms with van der Waals surface area (Å²) in [5, 5.41) is 24.4. The molecule has 0 aromatic heterocycles. The third-order valence-corrected chi connectivity index (χ3v) is 5.97. The summed E-state index contributed by atoms with van der Waals surface area (Å²) in [4.78, 5) is 10.4. The van der Waals surface area contributed by atoms with Gasteiger partial charge in [0.1, 0.15) is 0 Å². The Morgan fingerprint density at radius 1 is 0.515 bits per heavy atom. The number of hydrogen-bond acceptors (Lipinski definition) is 7. The second kappa shape index (κ2) is 28.9. The molecule has 33 heavy (non-hydrogen) atoms. The first-order valence-corrected chi connectivity index (χ1v) is 13.9. The Hall–Kier alpha value is 0.651. The van der Waals surface area contributed by atoms with Crippen LogP contribution >= 0.6 is 0 Å². The predicted octanol–water partition coefficient (Wildman–Crippen LogP) is 4.76. The average Bonchev–Trinajstić information content (AvgIpc) is 2.73. The summed E-state index contributed by atoms with van der Waals surface area (Å²) in [6.45, 7) is 24.5. The molecule has 0 fully saturated rings. The fourth-order valence-electron chi connectivity index (χ4n) is 1.10. The minimum Gasteiger partial charge on any atom is -0.396 e. The molecule has 3 atom stereocenters. The van der Waals surface area contributed by atoms with Gasteiger partial charge in [-0.05, 0) is 57.8 Å². The quantitative estimate of drug-likeness (QED) is 0.267. The van der Waals surface area contributed by atoms with Crippen LogP contribution in [0.1, 0.15) is 102 Å². The second-order valence-electron chi connectivity index (χ2n) is 9.26. The Labute approximate surface area is 222 Å².